The number of rotatable bonds is 4. The predicted octanol–water partition coefficient (Wildman–Crippen LogP) is 4.36. The Labute approximate surface area is 162 Å². The summed E-state index contributed by atoms with van der Waals surface area (Å²) in [5.41, 5.74) is 0.778. The van der Waals surface area contributed by atoms with Gasteiger partial charge in [-0.1, -0.05) is 27.5 Å². The lowest BCUT2D eigenvalue weighted by molar-refractivity contribution is 0.0726. The quantitative estimate of drug-likeness (QED) is 0.489. The van der Waals surface area contributed by atoms with Crippen molar-refractivity contribution < 1.29 is 14.3 Å². The fraction of sp³-hybridized carbons (Fsp3) is 0. The molecule has 26 heavy (non-hydrogen) atoms. The highest BCUT2D eigenvalue weighted by Gasteiger charge is 2.18. The largest absolute Gasteiger partial charge is 0.421 e. The lowest BCUT2D eigenvalue weighted by Crippen LogP contribution is -2.17. The molecule has 8 heteroatoms. The first kappa shape index (κ1) is 18.0. The average Bonchev–Trinajstić information content (AvgIpc) is 2.64. The molecule has 0 atom stereocenters. The van der Waals surface area contributed by atoms with Crippen LogP contribution < -0.4 is 10.1 Å². The highest BCUT2D eigenvalue weighted by atomic mass is 79.9. The Kier molecular flexibility index (Phi) is 5.60. The molecule has 0 aliphatic carbocycles. The third-order valence-corrected chi connectivity index (χ3v) is 4.03. The Bertz CT molecular complexity index is 950. The van der Waals surface area contributed by atoms with Crippen molar-refractivity contribution in [3.05, 3.63) is 81.8 Å². The summed E-state index contributed by atoms with van der Waals surface area (Å²) < 4.78 is 6.19. The molecule has 0 radical (unpaired) electrons. The molecule has 0 unspecified atom stereocenters. The minimum atomic E-state index is -0.738. The zero-order chi connectivity index (χ0) is 18.5. The van der Waals surface area contributed by atoms with Crippen LogP contribution in [0.4, 0.5) is 5.69 Å². The highest BCUT2D eigenvalue weighted by molar-refractivity contribution is 9.10. The van der Waals surface area contributed by atoms with E-state index >= 15 is 0 Å². The predicted molar refractivity (Wildman–Crippen MR) is 101 cm³/mol. The molecule has 0 aliphatic rings. The van der Waals surface area contributed by atoms with Gasteiger partial charge in [-0.2, -0.15) is 0 Å². The van der Waals surface area contributed by atoms with Crippen molar-refractivity contribution in [2.45, 2.75) is 0 Å². The standard InChI is InChI=1S/C18H11BrClN3O3/c19-11-1-4-13(5-2-11)23-17(24)14-6-3-12(20)9-16(14)26-18(25)15-10-21-7-8-22-15/h1-10H,(H,23,24). The molecular formula is C18H11BrClN3O3. The number of halogens is 2. The lowest BCUT2D eigenvalue weighted by Gasteiger charge is -2.11. The van der Waals surface area contributed by atoms with E-state index in [2.05, 4.69) is 31.2 Å². The normalized spacial score (nSPS) is 10.2. The van der Waals surface area contributed by atoms with E-state index in [1.54, 1.807) is 24.3 Å². The van der Waals surface area contributed by atoms with Crippen LogP contribution in [0, 0.1) is 0 Å². The first-order valence-corrected chi connectivity index (χ1v) is 8.55. The topological polar surface area (TPSA) is 81.2 Å². The number of benzene rings is 2. The number of hydrogen-bond acceptors (Lipinski definition) is 5. The number of ether oxygens (including phenoxy) is 1. The number of carbonyl (C=O) groups excluding carboxylic acids is 2. The Hall–Kier alpha value is -2.77. The zero-order valence-electron chi connectivity index (χ0n) is 13.1. The van der Waals surface area contributed by atoms with Crippen LogP contribution in [0.5, 0.6) is 5.75 Å². The van der Waals surface area contributed by atoms with Gasteiger partial charge in [-0.25, -0.2) is 9.78 Å². The first-order valence-electron chi connectivity index (χ1n) is 7.37. The van der Waals surface area contributed by atoms with E-state index in [1.807, 2.05) is 0 Å². The van der Waals surface area contributed by atoms with Crippen molar-refractivity contribution in [2.75, 3.05) is 5.32 Å². The second-order valence-electron chi connectivity index (χ2n) is 5.08. The summed E-state index contributed by atoms with van der Waals surface area (Å²) >= 11 is 9.30. The Morgan fingerprint density at radius 3 is 2.54 bits per heavy atom. The maximum absolute atomic E-state index is 12.6. The molecule has 130 valence electrons. The van der Waals surface area contributed by atoms with Gasteiger partial charge < -0.3 is 10.1 Å². The average molecular weight is 433 g/mol. The van der Waals surface area contributed by atoms with Gasteiger partial charge in [0.15, 0.2) is 5.69 Å². The molecule has 3 aromatic rings. The van der Waals surface area contributed by atoms with Gasteiger partial charge >= 0.3 is 5.97 Å². The van der Waals surface area contributed by atoms with Gasteiger partial charge in [-0.15, -0.1) is 0 Å². The SMILES string of the molecule is O=C(Oc1cc(Cl)ccc1C(=O)Nc1ccc(Br)cc1)c1cnccn1. The van der Waals surface area contributed by atoms with Crippen LogP contribution in [0.1, 0.15) is 20.8 Å². The molecule has 2 aromatic carbocycles. The smallest absolute Gasteiger partial charge is 0.363 e. The van der Waals surface area contributed by atoms with Gasteiger partial charge in [0, 0.05) is 33.6 Å². The Morgan fingerprint density at radius 1 is 1.08 bits per heavy atom. The Morgan fingerprint density at radius 2 is 1.85 bits per heavy atom. The number of esters is 1. The summed E-state index contributed by atoms with van der Waals surface area (Å²) in [6.07, 6.45) is 4.08. The molecule has 0 bridgehead atoms. The van der Waals surface area contributed by atoms with Crippen LogP contribution in [-0.2, 0) is 0 Å². The van der Waals surface area contributed by atoms with E-state index in [1.165, 1.54) is 36.8 Å². The van der Waals surface area contributed by atoms with Crippen molar-refractivity contribution in [2.24, 2.45) is 0 Å². The third-order valence-electron chi connectivity index (χ3n) is 3.27. The van der Waals surface area contributed by atoms with Crippen molar-refractivity contribution >= 4 is 45.1 Å². The number of aromatic nitrogens is 2. The number of carbonyl (C=O) groups is 2. The molecule has 0 fully saturated rings. The first-order chi connectivity index (χ1) is 12.5. The van der Waals surface area contributed by atoms with E-state index in [0.29, 0.717) is 10.7 Å². The fourth-order valence-corrected chi connectivity index (χ4v) is 2.48. The third kappa shape index (κ3) is 4.44. The molecule has 1 heterocycles. The number of hydrogen-bond donors (Lipinski definition) is 1. The van der Waals surface area contributed by atoms with E-state index in [9.17, 15) is 9.59 Å². The summed E-state index contributed by atoms with van der Waals surface area (Å²) in [4.78, 5) is 32.4. The molecule has 0 aliphatic heterocycles. The fourth-order valence-electron chi connectivity index (χ4n) is 2.06. The van der Waals surface area contributed by atoms with Crippen molar-refractivity contribution in [1.29, 1.82) is 0 Å². The number of nitrogens with one attached hydrogen (secondary N) is 1. The van der Waals surface area contributed by atoms with E-state index in [4.69, 9.17) is 16.3 Å². The molecule has 1 aromatic heterocycles. The van der Waals surface area contributed by atoms with Gasteiger partial charge in [0.1, 0.15) is 5.75 Å². The van der Waals surface area contributed by atoms with E-state index < -0.39 is 11.9 Å². The minimum Gasteiger partial charge on any atom is -0.421 e. The molecule has 0 saturated heterocycles. The highest BCUT2D eigenvalue weighted by Crippen LogP contribution is 2.25. The van der Waals surface area contributed by atoms with E-state index in [0.717, 1.165) is 4.47 Å². The van der Waals surface area contributed by atoms with E-state index in [-0.39, 0.29) is 17.0 Å². The summed E-state index contributed by atoms with van der Waals surface area (Å²) in [5.74, 6) is -1.15. The summed E-state index contributed by atoms with van der Waals surface area (Å²) in [7, 11) is 0. The lowest BCUT2D eigenvalue weighted by atomic mass is 10.1. The minimum absolute atomic E-state index is 0.0201. The molecule has 1 N–H and O–H groups in total. The maximum atomic E-state index is 12.6. The van der Waals surface area contributed by atoms with Crippen LogP contribution in [0.2, 0.25) is 5.02 Å². The van der Waals surface area contributed by atoms with Gasteiger partial charge in [-0.05, 0) is 36.4 Å². The number of amides is 1. The van der Waals surface area contributed by atoms with Crippen LogP contribution in [0.3, 0.4) is 0 Å². The van der Waals surface area contributed by atoms with Crippen molar-refractivity contribution in [3.8, 4) is 5.75 Å². The monoisotopic (exact) mass is 431 g/mol. The van der Waals surface area contributed by atoms with Gasteiger partial charge in [0.05, 0.1) is 11.8 Å². The second-order valence-corrected chi connectivity index (χ2v) is 6.43. The molecule has 6 nitrogen and oxygen atoms in total. The molecular weight excluding hydrogens is 422 g/mol. The number of anilines is 1. The zero-order valence-corrected chi connectivity index (χ0v) is 15.5. The Balaban J connectivity index is 1.84. The molecule has 1 amide bonds. The van der Waals surface area contributed by atoms with Crippen LogP contribution in [-0.4, -0.2) is 21.8 Å². The second kappa shape index (κ2) is 8.07. The van der Waals surface area contributed by atoms with Gasteiger partial charge in [-0.3, -0.25) is 9.78 Å². The summed E-state index contributed by atoms with van der Waals surface area (Å²) in [6, 6.07) is 11.5. The maximum Gasteiger partial charge on any atom is 0.363 e. The van der Waals surface area contributed by atoms with Crippen LogP contribution >= 0.6 is 27.5 Å². The van der Waals surface area contributed by atoms with Gasteiger partial charge in [0.2, 0.25) is 0 Å². The molecule has 3 rings (SSSR count). The van der Waals surface area contributed by atoms with Crippen molar-refractivity contribution in [1.82, 2.24) is 9.97 Å². The van der Waals surface area contributed by atoms with Gasteiger partial charge in [0.25, 0.3) is 5.91 Å². The van der Waals surface area contributed by atoms with Crippen LogP contribution in [0.15, 0.2) is 65.5 Å². The summed E-state index contributed by atoms with van der Waals surface area (Å²) in [5, 5.41) is 3.06. The molecule has 0 saturated carbocycles. The van der Waals surface area contributed by atoms with Crippen LogP contribution in [0.25, 0.3) is 0 Å². The molecule has 0 spiro atoms. The van der Waals surface area contributed by atoms with Crippen molar-refractivity contribution in [3.63, 3.8) is 0 Å². The summed E-state index contributed by atoms with van der Waals surface area (Å²) in [6.45, 7) is 0. The number of nitrogens with zero attached hydrogens (tertiary/aromatic N) is 2.